The molecule has 1 aliphatic rings. The summed E-state index contributed by atoms with van der Waals surface area (Å²) in [6.07, 6.45) is 6.45. The fraction of sp³-hybridized carbons (Fsp3) is 0.100. The standard InChI is InChI=1S/C20H15ClFN5OS/c21-13-2-4-16(5-3-13)29-18-11-27(15-7-14(22)9-24-10-15)26-19(18)12-1-6-17(20(23)28)25-8-12/h1-6,8-11,15H,7H2,(H2,23,28). The molecule has 0 saturated carbocycles. The van der Waals surface area contributed by atoms with Crippen LogP contribution in [0.1, 0.15) is 23.0 Å². The first-order chi connectivity index (χ1) is 14.0. The molecular weight excluding hydrogens is 413 g/mol. The van der Waals surface area contributed by atoms with Crippen LogP contribution in [-0.2, 0) is 0 Å². The minimum atomic E-state index is -0.599. The number of carbonyl (C=O) groups is 1. The Labute approximate surface area is 175 Å². The molecule has 2 aromatic heterocycles. The Kier molecular flexibility index (Phi) is 5.46. The lowest BCUT2D eigenvalue weighted by Crippen LogP contribution is -2.13. The van der Waals surface area contributed by atoms with Gasteiger partial charge in [0.1, 0.15) is 17.2 Å². The van der Waals surface area contributed by atoms with E-state index in [2.05, 4.69) is 15.1 Å². The van der Waals surface area contributed by atoms with Gasteiger partial charge in [-0.25, -0.2) is 4.39 Å². The van der Waals surface area contributed by atoms with Crippen molar-refractivity contribution in [1.29, 1.82) is 0 Å². The average Bonchev–Trinajstić information content (AvgIpc) is 3.13. The van der Waals surface area contributed by atoms with Gasteiger partial charge >= 0.3 is 0 Å². The van der Waals surface area contributed by atoms with E-state index in [0.29, 0.717) is 16.3 Å². The van der Waals surface area contributed by atoms with Gasteiger partial charge < -0.3 is 5.73 Å². The van der Waals surface area contributed by atoms with Crippen molar-refractivity contribution in [1.82, 2.24) is 14.8 Å². The van der Waals surface area contributed by atoms with Crippen LogP contribution in [0.2, 0.25) is 5.02 Å². The van der Waals surface area contributed by atoms with Crippen molar-refractivity contribution >= 4 is 35.5 Å². The second-order valence-electron chi connectivity index (χ2n) is 6.32. The lowest BCUT2D eigenvalue weighted by atomic mass is 10.2. The number of halogens is 2. The zero-order valence-corrected chi connectivity index (χ0v) is 16.6. The van der Waals surface area contributed by atoms with Crippen molar-refractivity contribution in [3.05, 3.63) is 71.5 Å². The lowest BCUT2D eigenvalue weighted by molar-refractivity contribution is 0.0995. The van der Waals surface area contributed by atoms with Gasteiger partial charge in [0.15, 0.2) is 0 Å². The largest absolute Gasteiger partial charge is 0.364 e. The van der Waals surface area contributed by atoms with Gasteiger partial charge in [0.25, 0.3) is 5.91 Å². The molecule has 1 aromatic carbocycles. The Bertz CT molecular complexity index is 1110. The number of rotatable bonds is 5. The van der Waals surface area contributed by atoms with E-state index in [0.717, 1.165) is 9.79 Å². The highest BCUT2D eigenvalue weighted by Crippen LogP contribution is 2.37. The summed E-state index contributed by atoms with van der Waals surface area (Å²) in [6.45, 7) is 0. The van der Waals surface area contributed by atoms with Gasteiger partial charge in [-0.05, 0) is 36.4 Å². The zero-order chi connectivity index (χ0) is 20.4. The van der Waals surface area contributed by atoms with Crippen LogP contribution in [0.3, 0.4) is 0 Å². The zero-order valence-electron chi connectivity index (χ0n) is 15.0. The third-order valence-corrected chi connectivity index (χ3v) is 5.52. The molecule has 1 aliphatic heterocycles. The number of amides is 1. The molecule has 3 aromatic rings. The van der Waals surface area contributed by atoms with Crippen molar-refractivity contribution < 1.29 is 9.18 Å². The van der Waals surface area contributed by atoms with Crippen LogP contribution < -0.4 is 5.73 Å². The second-order valence-corrected chi connectivity index (χ2v) is 7.87. The van der Waals surface area contributed by atoms with E-state index in [4.69, 9.17) is 17.3 Å². The molecule has 0 saturated heterocycles. The molecule has 1 atom stereocenters. The van der Waals surface area contributed by atoms with Crippen molar-refractivity contribution in [2.45, 2.75) is 22.3 Å². The Balaban J connectivity index is 1.72. The van der Waals surface area contributed by atoms with E-state index in [1.807, 2.05) is 30.5 Å². The van der Waals surface area contributed by atoms with E-state index < -0.39 is 5.91 Å². The van der Waals surface area contributed by atoms with Crippen LogP contribution in [0.25, 0.3) is 11.3 Å². The molecule has 1 amide bonds. The molecule has 0 aliphatic carbocycles. The predicted octanol–water partition coefficient (Wildman–Crippen LogP) is 4.68. The maximum atomic E-state index is 13.7. The summed E-state index contributed by atoms with van der Waals surface area (Å²) in [4.78, 5) is 21.2. The smallest absolute Gasteiger partial charge is 0.267 e. The molecule has 146 valence electrons. The number of carbonyl (C=O) groups excluding carboxylic acids is 1. The highest BCUT2D eigenvalue weighted by atomic mass is 35.5. The van der Waals surface area contributed by atoms with Gasteiger partial charge in [0.2, 0.25) is 0 Å². The molecule has 9 heteroatoms. The molecule has 6 nitrogen and oxygen atoms in total. The molecule has 3 heterocycles. The van der Waals surface area contributed by atoms with Crippen molar-refractivity contribution in [2.75, 3.05) is 0 Å². The summed E-state index contributed by atoms with van der Waals surface area (Å²) >= 11 is 7.47. The summed E-state index contributed by atoms with van der Waals surface area (Å²) < 4.78 is 15.4. The number of hydrogen-bond acceptors (Lipinski definition) is 5. The van der Waals surface area contributed by atoms with Gasteiger partial charge in [-0.2, -0.15) is 5.10 Å². The summed E-state index contributed by atoms with van der Waals surface area (Å²) in [5, 5.41) is 5.31. The molecule has 2 N–H and O–H groups in total. The second kappa shape index (κ2) is 8.18. The van der Waals surface area contributed by atoms with Gasteiger partial charge in [-0.3, -0.25) is 19.5 Å². The lowest BCUT2D eigenvalue weighted by Gasteiger charge is -2.13. The average molecular weight is 428 g/mol. The minimum absolute atomic E-state index is 0.173. The van der Waals surface area contributed by atoms with Crippen LogP contribution in [0.15, 0.2) is 75.6 Å². The minimum Gasteiger partial charge on any atom is -0.364 e. The number of pyridine rings is 1. The Morgan fingerprint density at radius 2 is 2.03 bits per heavy atom. The van der Waals surface area contributed by atoms with Gasteiger partial charge in [0, 0.05) is 40.5 Å². The van der Waals surface area contributed by atoms with E-state index in [1.165, 1.54) is 18.0 Å². The number of allylic oxidation sites excluding steroid dienone is 1. The summed E-state index contributed by atoms with van der Waals surface area (Å²) in [5.41, 5.74) is 6.82. The number of aliphatic imine (C=N–C) groups is 1. The topological polar surface area (TPSA) is 86.2 Å². The molecule has 1 unspecified atom stereocenters. The van der Waals surface area contributed by atoms with Gasteiger partial charge in [-0.1, -0.05) is 23.4 Å². The highest BCUT2D eigenvalue weighted by Gasteiger charge is 2.20. The summed E-state index contributed by atoms with van der Waals surface area (Å²) in [5.74, 6) is -0.896. The molecule has 0 radical (unpaired) electrons. The number of nitrogens with two attached hydrogens (primary N) is 1. The Hall–Kier alpha value is -2.97. The van der Waals surface area contributed by atoms with Gasteiger partial charge in [-0.15, -0.1) is 0 Å². The first-order valence-electron chi connectivity index (χ1n) is 8.66. The Morgan fingerprint density at radius 3 is 2.69 bits per heavy atom. The molecule has 4 rings (SSSR count). The molecule has 0 spiro atoms. The molecule has 29 heavy (non-hydrogen) atoms. The van der Waals surface area contributed by atoms with Crippen LogP contribution in [0.4, 0.5) is 4.39 Å². The van der Waals surface area contributed by atoms with E-state index >= 15 is 0 Å². The van der Waals surface area contributed by atoms with Crippen molar-refractivity contribution in [3.63, 3.8) is 0 Å². The number of benzene rings is 1. The Morgan fingerprint density at radius 1 is 1.24 bits per heavy atom. The fourth-order valence-corrected chi connectivity index (χ4v) is 3.89. The number of hydrogen-bond donors (Lipinski definition) is 1. The summed E-state index contributed by atoms with van der Waals surface area (Å²) in [6, 6.07) is 10.4. The van der Waals surface area contributed by atoms with Crippen LogP contribution in [0, 0.1) is 0 Å². The molecular formula is C20H15ClFN5OS. The monoisotopic (exact) mass is 427 g/mol. The van der Waals surface area contributed by atoms with E-state index in [-0.39, 0.29) is 24.0 Å². The van der Waals surface area contributed by atoms with Gasteiger partial charge in [0.05, 0.1) is 17.1 Å². The van der Waals surface area contributed by atoms with E-state index in [1.54, 1.807) is 29.2 Å². The highest BCUT2D eigenvalue weighted by molar-refractivity contribution is 7.99. The van der Waals surface area contributed by atoms with Crippen LogP contribution in [0.5, 0.6) is 0 Å². The first kappa shape index (κ1) is 19.4. The van der Waals surface area contributed by atoms with E-state index in [9.17, 15) is 9.18 Å². The van der Waals surface area contributed by atoms with Crippen molar-refractivity contribution in [3.8, 4) is 11.3 Å². The normalized spacial score (nSPS) is 15.9. The SMILES string of the molecule is NC(=O)c1ccc(-c2nn(C3C=NC=C(F)C3)cc2Sc2ccc(Cl)cc2)cn1. The predicted molar refractivity (Wildman–Crippen MR) is 111 cm³/mol. The third-order valence-electron chi connectivity index (χ3n) is 4.25. The van der Waals surface area contributed by atoms with Crippen LogP contribution in [-0.4, -0.2) is 26.9 Å². The molecule has 0 bridgehead atoms. The maximum absolute atomic E-state index is 13.7. The fourth-order valence-electron chi connectivity index (χ4n) is 2.82. The first-order valence-corrected chi connectivity index (χ1v) is 9.85. The van der Waals surface area contributed by atoms with Crippen molar-refractivity contribution in [2.24, 2.45) is 10.7 Å². The number of aromatic nitrogens is 3. The quantitative estimate of drug-likeness (QED) is 0.640. The maximum Gasteiger partial charge on any atom is 0.267 e. The number of primary amides is 1. The van der Waals surface area contributed by atoms with Crippen LogP contribution >= 0.6 is 23.4 Å². The summed E-state index contributed by atoms with van der Waals surface area (Å²) in [7, 11) is 0. The third kappa shape index (κ3) is 4.38. The number of nitrogens with zero attached hydrogens (tertiary/aromatic N) is 4. The molecule has 0 fully saturated rings.